The molecule has 0 aromatic heterocycles. The second-order valence-electron chi connectivity index (χ2n) is 7.42. The van der Waals surface area contributed by atoms with E-state index in [0.29, 0.717) is 0 Å². The monoisotopic (exact) mass is 284 g/mol. The van der Waals surface area contributed by atoms with Gasteiger partial charge in [0.05, 0.1) is 0 Å². The average molecular weight is 284 g/mol. The zero-order valence-electron chi connectivity index (χ0n) is 13.0. The second-order valence-corrected chi connectivity index (χ2v) is 7.42. The highest BCUT2D eigenvalue weighted by Gasteiger charge is 2.63. The molecule has 0 aromatic carbocycles. The number of ether oxygens (including phenoxy) is 2. The van der Waals surface area contributed by atoms with Crippen molar-refractivity contribution >= 4 is 11.9 Å². The van der Waals surface area contributed by atoms with Crippen LogP contribution in [0.15, 0.2) is 0 Å². The van der Waals surface area contributed by atoms with Gasteiger partial charge in [-0.1, -0.05) is 0 Å². The highest BCUT2D eigenvalue weighted by molar-refractivity contribution is 5.95. The van der Waals surface area contributed by atoms with Crippen LogP contribution in [0.1, 0.15) is 41.5 Å². The standard InChI is InChI=1S/C14H24N2O4/c1-11(2)7-19-9(17)13(5,15-11)14(6)10(18)20-8-12(3,4)16-14/h15-16H,7-8H2,1-6H3/t13-,14+. The lowest BCUT2D eigenvalue weighted by Gasteiger charge is -2.54. The van der Waals surface area contributed by atoms with E-state index in [1.54, 1.807) is 13.8 Å². The third-order valence-corrected chi connectivity index (χ3v) is 4.12. The molecule has 114 valence electrons. The van der Waals surface area contributed by atoms with Crippen molar-refractivity contribution in [1.82, 2.24) is 10.6 Å². The molecular formula is C14H24N2O4. The molecule has 0 amide bonds. The van der Waals surface area contributed by atoms with Crippen LogP contribution >= 0.6 is 0 Å². The van der Waals surface area contributed by atoms with Crippen LogP contribution in [0.25, 0.3) is 0 Å². The third kappa shape index (κ3) is 2.20. The van der Waals surface area contributed by atoms with Crippen LogP contribution in [0.3, 0.4) is 0 Å². The van der Waals surface area contributed by atoms with Gasteiger partial charge in [-0.2, -0.15) is 0 Å². The molecule has 6 nitrogen and oxygen atoms in total. The molecule has 0 aliphatic carbocycles. The molecule has 0 unspecified atom stereocenters. The van der Waals surface area contributed by atoms with Gasteiger partial charge in [0.1, 0.15) is 24.3 Å². The van der Waals surface area contributed by atoms with Crippen LogP contribution in [0.2, 0.25) is 0 Å². The number of hydrogen-bond donors (Lipinski definition) is 2. The summed E-state index contributed by atoms with van der Waals surface area (Å²) in [5, 5.41) is 6.52. The fourth-order valence-electron chi connectivity index (χ4n) is 2.97. The van der Waals surface area contributed by atoms with Gasteiger partial charge in [0.25, 0.3) is 0 Å². The van der Waals surface area contributed by atoms with Gasteiger partial charge >= 0.3 is 11.9 Å². The molecule has 2 saturated heterocycles. The van der Waals surface area contributed by atoms with Crippen LogP contribution in [0.5, 0.6) is 0 Å². The molecule has 2 rings (SSSR count). The molecule has 20 heavy (non-hydrogen) atoms. The number of hydrogen-bond acceptors (Lipinski definition) is 6. The van der Waals surface area contributed by atoms with E-state index in [9.17, 15) is 9.59 Å². The van der Waals surface area contributed by atoms with Gasteiger partial charge in [-0.3, -0.25) is 10.6 Å². The predicted molar refractivity (Wildman–Crippen MR) is 73.2 cm³/mol. The lowest BCUT2D eigenvalue weighted by atomic mass is 9.74. The number of rotatable bonds is 1. The molecule has 2 N–H and O–H groups in total. The Labute approximate surface area is 119 Å². The van der Waals surface area contributed by atoms with E-state index in [1.807, 2.05) is 27.7 Å². The number of carbonyl (C=O) groups excluding carboxylic acids is 2. The first-order chi connectivity index (χ1) is 8.92. The number of nitrogens with one attached hydrogen (secondary N) is 2. The summed E-state index contributed by atoms with van der Waals surface area (Å²) < 4.78 is 10.6. The SMILES string of the molecule is CC1(C)COC(=O)[C@@](C)([C@]2(C)NC(C)(C)COC2=O)N1. The zero-order chi connectivity index (χ0) is 15.4. The van der Waals surface area contributed by atoms with Crippen molar-refractivity contribution in [3.05, 3.63) is 0 Å². The van der Waals surface area contributed by atoms with Gasteiger partial charge in [0.15, 0.2) is 0 Å². The Morgan fingerprint density at radius 1 is 0.750 bits per heavy atom. The van der Waals surface area contributed by atoms with Crippen LogP contribution in [-0.4, -0.2) is 47.3 Å². The van der Waals surface area contributed by atoms with Gasteiger partial charge in [-0.05, 0) is 41.5 Å². The molecule has 0 bridgehead atoms. The molecule has 0 spiro atoms. The highest BCUT2D eigenvalue weighted by Crippen LogP contribution is 2.35. The maximum atomic E-state index is 12.3. The fourth-order valence-corrected chi connectivity index (χ4v) is 2.97. The maximum Gasteiger partial charge on any atom is 0.328 e. The predicted octanol–water partition coefficient (Wildman–Crippen LogP) is 0.354. The summed E-state index contributed by atoms with van der Waals surface area (Å²) in [5.74, 6) is -0.886. The van der Waals surface area contributed by atoms with Gasteiger partial charge in [0, 0.05) is 11.1 Å². The van der Waals surface area contributed by atoms with Gasteiger partial charge in [-0.25, -0.2) is 9.59 Å². The Morgan fingerprint density at radius 2 is 1.05 bits per heavy atom. The third-order valence-electron chi connectivity index (χ3n) is 4.12. The van der Waals surface area contributed by atoms with E-state index in [2.05, 4.69) is 10.6 Å². The minimum atomic E-state index is -1.19. The summed E-state index contributed by atoms with van der Waals surface area (Å²) in [4.78, 5) is 24.7. The quantitative estimate of drug-likeness (QED) is 0.677. The van der Waals surface area contributed by atoms with Gasteiger partial charge in [-0.15, -0.1) is 0 Å². The van der Waals surface area contributed by atoms with Crippen LogP contribution in [-0.2, 0) is 19.1 Å². The summed E-state index contributed by atoms with van der Waals surface area (Å²) >= 11 is 0. The zero-order valence-corrected chi connectivity index (χ0v) is 13.0. The second kappa shape index (κ2) is 4.18. The minimum absolute atomic E-state index is 0.274. The lowest BCUT2D eigenvalue weighted by Crippen LogP contribution is -2.83. The number of morpholine rings is 2. The first-order valence-electron chi connectivity index (χ1n) is 6.85. The number of cyclic esters (lactones) is 2. The normalized spacial score (nSPS) is 39.9. The van der Waals surface area contributed by atoms with Crippen molar-refractivity contribution in [2.45, 2.75) is 63.7 Å². The molecule has 2 atom stereocenters. The topological polar surface area (TPSA) is 76.7 Å². The molecule has 2 aliphatic heterocycles. The van der Waals surface area contributed by atoms with E-state index in [1.165, 1.54) is 0 Å². The van der Waals surface area contributed by atoms with Crippen molar-refractivity contribution in [3.63, 3.8) is 0 Å². The average Bonchev–Trinajstić information content (AvgIpc) is 2.28. The molecule has 2 aliphatic rings. The Kier molecular flexibility index (Phi) is 3.19. The lowest BCUT2D eigenvalue weighted by molar-refractivity contribution is -0.184. The van der Waals surface area contributed by atoms with Crippen molar-refractivity contribution in [1.29, 1.82) is 0 Å². The summed E-state index contributed by atoms with van der Waals surface area (Å²) in [7, 11) is 0. The highest BCUT2D eigenvalue weighted by atomic mass is 16.6. The van der Waals surface area contributed by atoms with Gasteiger partial charge < -0.3 is 9.47 Å². The molecule has 2 heterocycles. The van der Waals surface area contributed by atoms with Crippen molar-refractivity contribution in [3.8, 4) is 0 Å². The summed E-state index contributed by atoms with van der Waals surface area (Å²) in [6, 6.07) is 0. The van der Waals surface area contributed by atoms with Crippen LogP contribution in [0.4, 0.5) is 0 Å². The van der Waals surface area contributed by atoms with E-state index < -0.39 is 34.1 Å². The van der Waals surface area contributed by atoms with E-state index >= 15 is 0 Å². The smallest absolute Gasteiger partial charge is 0.328 e. The van der Waals surface area contributed by atoms with Crippen LogP contribution in [0, 0.1) is 0 Å². The largest absolute Gasteiger partial charge is 0.462 e. The van der Waals surface area contributed by atoms with Gasteiger partial charge in [0.2, 0.25) is 0 Å². The fraction of sp³-hybridized carbons (Fsp3) is 0.857. The first kappa shape index (κ1) is 15.3. The van der Waals surface area contributed by atoms with E-state index in [0.717, 1.165) is 0 Å². The molecule has 0 radical (unpaired) electrons. The Morgan fingerprint density at radius 3 is 1.35 bits per heavy atom. The molecule has 6 heteroatoms. The van der Waals surface area contributed by atoms with E-state index in [-0.39, 0.29) is 13.2 Å². The van der Waals surface area contributed by atoms with E-state index in [4.69, 9.17) is 9.47 Å². The summed E-state index contributed by atoms with van der Waals surface area (Å²) in [6.45, 7) is 11.6. The van der Waals surface area contributed by atoms with Crippen molar-refractivity contribution in [2.24, 2.45) is 0 Å². The number of carbonyl (C=O) groups is 2. The molecule has 2 fully saturated rings. The first-order valence-corrected chi connectivity index (χ1v) is 6.85. The summed E-state index contributed by atoms with van der Waals surface area (Å²) in [5.41, 5.74) is -3.20. The Balaban J connectivity index is 2.44. The maximum absolute atomic E-state index is 12.3. The van der Waals surface area contributed by atoms with Crippen molar-refractivity contribution in [2.75, 3.05) is 13.2 Å². The van der Waals surface area contributed by atoms with Crippen LogP contribution < -0.4 is 10.6 Å². The Bertz CT molecular complexity index is 418. The Hall–Kier alpha value is -1.14. The minimum Gasteiger partial charge on any atom is -0.462 e. The van der Waals surface area contributed by atoms with Crippen molar-refractivity contribution < 1.29 is 19.1 Å². The molecule has 0 aromatic rings. The number of esters is 2. The summed E-state index contributed by atoms with van der Waals surface area (Å²) in [6.07, 6.45) is 0. The molecular weight excluding hydrogens is 260 g/mol. The molecule has 0 saturated carbocycles.